The van der Waals surface area contributed by atoms with Gasteiger partial charge in [-0.3, -0.25) is 9.59 Å². The molecule has 2 N–H and O–H groups in total. The smallest absolute Gasteiger partial charge is 0.258 e. The minimum absolute atomic E-state index is 0.0687. The number of amides is 2. The lowest BCUT2D eigenvalue weighted by Crippen LogP contribution is -2.38. The van der Waals surface area contributed by atoms with Crippen LogP contribution in [0.2, 0.25) is 5.02 Å². The van der Waals surface area contributed by atoms with Crippen LogP contribution in [0.15, 0.2) is 72.8 Å². The molecule has 0 atom stereocenters. The van der Waals surface area contributed by atoms with Gasteiger partial charge in [-0.05, 0) is 62.5 Å². The predicted molar refractivity (Wildman–Crippen MR) is 149 cm³/mol. The van der Waals surface area contributed by atoms with E-state index in [4.69, 9.17) is 11.6 Å². The number of halogens is 1. The lowest BCUT2D eigenvalue weighted by atomic mass is 10.00. The second-order valence-electron chi connectivity index (χ2n) is 9.07. The highest BCUT2D eigenvalue weighted by Crippen LogP contribution is 2.38. The number of likely N-dealkylation sites (N-methyl/N-ethyl adjacent to an activating group) is 1. The van der Waals surface area contributed by atoms with E-state index in [2.05, 4.69) is 17.6 Å². The van der Waals surface area contributed by atoms with Crippen molar-refractivity contribution < 1.29 is 9.59 Å². The maximum absolute atomic E-state index is 13.1. The molecular weight excluding hydrogens is 472 g/mol. The molecule has 0 aliphatic carbocycles. The van der Waals surface area contributed by atoms with Gasteiger partial charge in [-0.15, -0.1) is 0 Å². The summed E-state index contributed by atoms with van der Waals surface area (Å²) < 4.78 is 0. The van der Waals surface area contributed by atoms with E-state index in [9.17, 15) is 9.59 Å². The van der Waals surface area contributed by atoms with Crippen LogP contribution in [0.1, 0.15) is 30.9 Å². The number of fused-ring (bicyclic) bond motifs is 1. The van der Waals surface area contributed by atoms with Crippen LogP contribution in [0.4, 0.5) is 17.1 Å². The van der Waals surface area contributed by atoms with Gasteiger partial charge < -0.3 is 20.4 Å². The van der Waals surface area contributed by atoms with Crippen LogP contribution in [-0.4, -0.2) is 43.9 Å². The van der Waals surface area contributed by atoms with Gasteiger partial charge >= 0.3 is 0 Å². The van der Waals surface area contributed by atoms with Crippen molar-refractivity contribution >= 4 is 51.7 Å². The quantitative estimate of drug-likeness (QED) is 0.354. The normalized spacial score (nSPS) is 13.9. The molecule has 0 radical (unpaired) electrons. The maximum Gasteiger partial charge on any atom is 0.258 e. The summed E-state index contributed by atoms with van der Waals surface area (Å²) in [6.07, 6.45) is 1.94. The van der Waals surface area contributed by atoms with E-state index in [0.717, 1.165) is 35.3 Å². The minimum atomic E-state index is -0.185. The molecule has 0 bridgehead atoms. The maximum atomic E-state index is 13.1. The molecule has 0 saturated heterocycles. The molecule has 0 saturated carbocycles. The van der Waals surface area contributed by atoms with Gasteiger partial charge in [0.1, 0.15) is 0 Å². The van der Waals surface area contributed by atoms with Gasteiger partial charge in [-0.1, -0.05) is 61.3 Å². The van der Waals surface area contributed by atoms with Gasteiger partial charge in [0.2, 0.25) is 5.91 Å². The largest absolute Gasteiger partial charge is 0.354 e. The SMILES string of the molecule is CCCCN(C(=O)CN(C)C)c1ccc(NC(=C2C(=O)Nc3cc(Cl)ccc32)c2ccccc2)cc1. The summed E-state index contributed by atoms with van der Waals surface area (Å²) in [6, 6.07) is 22.9. The third-order valence-electron chi connectivity index (χ3n) is 5.97. The number of carbonyl (C=O) groups excluding carboxylic acids is 2. The highest BCUT2D eigenvalue weighted by Gasteiger charge is 2.28. The Balaban J connectivity index is 1.69. The zero-order chi connectivity index (χ0) is 25.7. The summed E-state index contributed by atoms with van der Waals surface area (Å²) >= 11 is 6.15. The van der Waals surface area contributed by atoms with Crippen molar-refractivity contribution in [3.05, 3.63) is 88.9 Å². The Morgan fingerprint density at radius 3 is 2.39 bits per heavy atom. The van der Waals surface area contributed by atoms with Crippen molar-refractivity contribution in [2.75, 3.05) is 42.7 Å². The molecule has 0 aromatic heterocycles. The molecule has 7 heteroatoms. The highest BCUT2D eigenvalue weighted by atomic mass is 35.5. The predicted octanol–water partition coefficient (Wildman–Crippen LogP) is 5.97. The average Bonchev–Trinajstić information content (AvgIpc) is 3.18. The van der Waals surface area contributed by atoms with Crippen LogP contribution in [0.5, 0.6) is 0 Å². The van der Waals surface area contributed by atoms with Crippen LogP contribution < -0.4 is 15.5 Å². The molecule has 1 heterocycles. The third-order valence-corrected chi connectivity index (χ3v) is 6.21. The first-order valence-electron chi connectivity index (χ1n) is 12.1. The van der Waals surface area contributed by atoms with Gasteiger partial charge in [0.15, 0.2) is 0 Å². The fourth-order valence-electron chi connectivity index (χ4n) is 4.22. The van der Waals surface area contributed by atoms with Crippen molar-refractivity contribution in [3.63, 3.8) is 0 Å². The van der Waals surface area contributed by atoms with Crippen molar-refractivity contribution in [1.29, 1.82) is 0 Å². The molecular formula is C29H31ClN4O2. The Hall–Kier alpha value is -3.61. The van der Waals surface area contributed by atoms with E-state index >= 15 is 0 Å². The van der Waals surface area contributed by atoms with Gasteiger partial charge in [0.05, 0.1) is 23.5 Å². The van der Waals surface area contributed by atoms with E-state index in [1.807, 2.05) is 84.6 Å². The molecule has 6 nitrogen and oxygen atoms in total. The number of benzene rings is 3. The first-order chi connectivity index (χ1) is 17.4. The summed E-state index contributed by atoms with van der Waals surface area (Å²) in [6.45, 7) is 3.15. The standard InChI is InChI=1S/C29H31ClN4O2/c1-4-5-17-34(26(35)19-33(2)3)23-14-12-22(13-15-23)31-28(20-9-7-6-8-10-20)27-24-16-11-21(30)18-25(24)32-29(27)36/h6-16,18,31H,4-5,17,19H2,1-3H3,(H,32,36). The topological polar surface area (TPSA) is 64.7 Å². The average molecular weight is 503 g/mol. The number of anilines is 3. The lowest BCUT2D eigenvalue weighted by Gasteiger charge is -2.25. The molecule has 36 heavy (non-hydrogen) atoms. The number of nitrogens with zero attached hydrogens (tertiary/aromatic N) is 2. The molecule has 186 valence electrons. The summed E-state index contributed by atoms with van der Waals surface area (Å²) in [5.74, 6) is -0.116. The van der Waals surface area contributed by atoms with Crippen molar-refractivity contribution in [3.8, 4) is 0 Å². The van der Waals surface area contributed by atoms with Crippen LogP contribution in [0.25, 0.3) is 11.3 Å². The van der Waals surface area contributed by atoms with Gasteiger partial charge in [-0.25, -0.2) is 0 Å². The number of hydrogen-bond acceptors (Lipinski definition) is 4. The van der Waals surface area contributed by atoms with Gasteiger partial charge in [-0.2, -0.15) is 0 Å². The zero-order valence-electron chi connectivity index (χ0n) is 20.8. The fraction of sp³-hybridized carbons (Fsp3) is 0.241. The second-order valence-corrected chi connectivity index (χ2v) is 9.51. The van der Waals surface area contributed by atoms with E-state index in [1.165, 1.54) is 0 Å². The van der Waals surface area contributed by atoms with Crippen molar-refractivity contribution in [2.24, 2.45) is 0 Å². The number of unbranched alkanes of at least 4 members (excludes halogenated alkanes) is 1. The first kappa shape index (κ1) is 25.5. The summed E-state index contributed by atoms with van der Waals surface area (Å²) in [5, 5.41) is 6.96. The second kappa shape index (κ2) is 11.4. The Morgan fingerprint density at radius 2 is 1.72 bits per heavy atom. The third kappa shape index (κ3) is 5.78. The Labute approximate surface area is 217 Å². The Bertz CT molecular complexity index is 1270. The van der Waals surface area contributed by atoms with E-state index < -0.39 is 0 Å². The van der Waals surface area contributed by atoms with Crippen molar-refractivity contribution in [1.82, 2.24) is 4.90 Å². The number of hydrogen-bond donors (Lipinski definition) is 2. The number of carbonyl (C=O) groups is 2. The molecule has 0 fully saturated rings. The molecule has 0 unspecified atom stereocenters. The van der Waals surface area contributed by atoms with Crippen LogP contribution in [0.3, 0.4) is 0 Å². The number of nitrogens with one attached hydrogen (secondary N) is 2. The molecule has 3 aromatic carbocycles. The molecule has 0 spiro atoms. The van der Waals surface area contributed by atoms with E-state index in [0.29, 0.717) is 35.1 Å². The van der Waals surface area contributed by atoms with Gasteiger partial charge in [0, 0.05) is 28.5 Å². The number of rotatable bonds is 9. The minimum Gasteiger partial charge on any atom is -0.354 e. The molecule has 4 rings (SSSR count). The molecule has 1 aliphatic rings. The Morgan fingerprint density at radius 1 is 1.00 bits per heavy atom. The van der Waals surface area contributed by atoms with Crippen LogP contribution >= 0.6 is 11.6 Å². The highest BCUT2D eigenvalue weighted by molar-refractivity contribution is 6.38. The van der Waals surface area contributed by atoms with Crippen LogP contribution in [0, 0.1) is 0 Å². The van der Waals surface area contributed by atoms with E-state index in [1.54, 1.807) is 12.1 Å². The molecule has 1 aliphatic heterocycles. The summed E-state index contributed by atoms with van der Waals surface area (Å²) in [4.78, 5) is 29.6. The molecule has 3 aromatic rings. The Kier molecular flexibility index (Phi) is 8.08. The monoisotopic (exact) mass is 502 g/mol. The van der Waals surface area contributed by atoms with E-state index in [-0.39, 0.29) is 11.8 Å². The zero-order valence-corrected chi connectivity index (χ0v) is 21.6. The van der Waals surface area contributed by atoms with Crippen molar-refractivity contribution in [2.45, 2.75) is 19.8 Å². The first-order valence-corrected chi connectivity index (χ1v) is 12.5. The molecule has 2 amide bonds. The lowest BCUT2D eigenvalue weighted by molar-refractivity contribution is -0.119. The fourth-order valence-corrected chi connectivity index (χ4v) is 4.39. The summed E-state index contributed by atoms with van der Waals surface area (Å²) in [7, 11) is 3.79. The summed E-state index contributed by atoms with van der Waals surface area (Å²) in [5.41, 5.74) is 5.31. The van der Waals surface area contributed by atoms with Crippen LogP contribution in [-0.2, 0) is 9.59 Å². The van der Waals surface area contributed by atoms with Gasteiger partial charge in [0.25, 0.3) is 5.91 Å².